The molecule has 4 rings (SSSR count). The summed E-state index contributed by atoms with van der Waals surface area (Å²) in [6.45, 7) is 1.85. The van der Waals surface area contributed by atoms with E-state index in [1.165, 1.54) is 17.0 Å². The van der Waals surface area contributed by atoms with Gasteiger partial charge in [0, 0.05) is 12.1 Å². The van der Waals surface area contributed by atoms with Crippen molar-refractivity contribution in [1.82, 2.24) is 0 Å². The van der Waals surface area contributed by atoms with Gasteiger partial charge in [0.15, 0.2) is 5.17 Å². The molecule has 1 saturated heterocycles. The molecule has 3 aromatic rings. The molecule has 0 aliphatic carbocycles. The Hall–Kier alpha value is -3.63. The monoisotopic (exact) mass is 509 g/mol. The van der Waals surface area contributed by atoms with Crippen molar-refractivity contribution in [3.05, 3.63) is 84.4 Å². The van der Waals surface area contributed by atoms with Crippen molar-refractivity contribution < 1.29 is 22.7 Å². The molecule has 0 bridgehead atoms. The number of amides is 2. The number of hydrogen-bond donors (Lipinski definition) is 1. The second kappa shape index (κ2) is 10.3. The van der Waals surface area contributed by atoms with Gasteiger partial charge in [-0.2, -0.15) is 8.42 Å². The lowest BCUT2D eigenvalue weighted by atomic mass is 10.2. The quantitative estimate of drug-likeness (QED) is 0.511. The van der Waals surface area contributed by atoms with Crippen LogP contribution in [-0.2, 0) is 19.6 Å². The Morgan fingerprint density at radius 3 is 2.31 bits per heavy atom. The van der Waals surface area contributed by atoms with Crippen molar-refractivity contribution in [2.45, 2.75) is 23.5 Å². The molecule has 1 aliphatic rings. The van der Waals surface area contributed by atoms with E-state index < -0.39 is 21.2 Å². The Labute approximate surface area is 208 Å². The normalized spacial score (nSPS) is 17.0. The van der Waals surface area contributed by atoms with Gasteiger partial charge < -0.3 is 10.1 Å². The predicted octanol–water partition coefficient (Wildman–Crippen LogP) is 4.23. The third-order valence-corrected chi connectivity index (χ3v) is 7.75. The number of aryl methyl sites for hydroxylation is 1. The van der Waals surface area contributed by atoms with Crippen molar-refractivity contribution >= 4 is 50.1 Å². The molecule has 180 valence electrons. The zero-order valence-corrected chi connectivity index (χ0v) is 20.7. The Morgan fingerprint density at radius 1 is 1.03 bits per heavy atom. The van der Waals surface area contributed by atoms with Gasteiger partial charge in [-0.15, -0.1) is 4.40 Å². The van der Waals surface area contributed by atoms with E-state index in [0.29, 0.717) is 17.1 Å². The van der Waals surface area contributed by atoms with Crippen LogP contribution >= 0.6 is 11.8 Å². The maximum Gasteiger partial charge on any atom is 0.284 e. The van der Waals surface area contributed by atoms with Crippen LogP contribution in [-0.4, -0.2) is 37.8 Å². The summed E-state index contributed by atoms with van der Waals surface area (Å²) >= 11 is 0.958. The number of para-hydroxylation sites is 1. The van der Waals surface area contributed by atoms with Gasteiger partial charge in [-0.25, -0.2) is 0 Å². The Kier molecular flexibility index (Phi) is 7.23. The fourth-order valence-electron chi connectivity index (χ4n) is 3.40. The summed E-state index contributed by atoms with van der Waals surface area (Å²) in [4.78, 5) is 27.2. The summed E-state index contributed by atoms with van der Waals surface area (Å²) in [5.41, 5.74) is 1.94. The van der Waals surface area contributed by atoms with E-state index in [-0.39, 0.29) is 22.4 Å². The Balaban J connectivity index is 1.59. The molecule has 1 N–H and O–H groups in total. The summed E-state index contributed by atoms with van der Waals surface area (Å²) in [6, 6.07) is 21.8. The largest absolute Gasteiger partial charge is 0.497 e. The second-order valence-corrected chi connectivity index (χ2v) is 10.5. The van der Waals surface area contributed by atoms with Gasteiger partial charge >= 0.3 is 0 Å². The smallest absolute Gasteiger partial charge is 0.284 e. The van der Waals surface area contributed by atoms with Gasteiger partial charge in [0.2, 0.25) is 11.8 Å². The average Bonchev–Trinajstić information content (AvgIpc) is 3.13. The standard InChI is InChI=1S/C25H23N3O5S2/c1-17-8-14-21(15-9-17)35(31,32)27-25-28(19-6-4-3-5-7-19)24(30)22(34-25)16-23(29)26-18-10-12-20(33-2)13-11-18/h3-15,22H,16H2,1-2H3,(H,26,29)/t22-/m1/s1. The van der Waals surface area contributed by atoms with E-state index in [1.54, 1.807) is 73.8 Å². The van der Waals surface area contributed by atoms with Crippen LogP contribution in [0.15, 0.2) is 88.2 Å². The number of carbonyl (C=O) groups is 2. The van der Waals surface area contributed by atoms with Gasteiger partial charge in [-0.1, -0.05) is 47.7 Å². The summed E-state index contributed by atoms with van der Waals surface area (Å²) in [5, 5.41) is 1.92. The van der Waals surface area contributed by atoms with Crippen molar-refractivity contribution in [2.75, 3.05) is 17.3 Å². The molecule has 0 spiro atoms. The SMILES string of the molecule is COc1ccc(NC(=O)C[C@H]2SC(=NS(=O)(=O)c3ccc(C)cc3)N(c3ccccc3)C2=O)cc1. The van der Waals surface area contributed by atoms with Gasteiger partial charge in [0.1, 0.15) is 11.0 Å². The molecule has 35 heavy (non-hydrogen) atoms. The van der Waals surface area contributed by atoms with E-state index in [1.807, 2.05) is 6.92 Å². The Morgan fingerprint density at radius 2 is 1.69 bits per heavy atom. The number of nitrogens with one attached hydrogen (secondary N) is 1. The average molecular weight is 510 g/mol. The van der Waals surface area contributed by atoms with E-state index in [9.17, 15) is 18.0 Å². The minimum absolute atomic E-state index is 0.00372. The summed E-state index contributed by atoms with van der Waals surface area (Å²) in [7, 11) is -2.52. The number of nitrogens with zero attached hydrogens (tertiary/aromatic N) is 2. The van der Waals surface area contributed by atoms with Gasteiger partial charge in [0.25, 0.3) is 10.0 Å². The first kappa shape index (κ1) is 24.5. The van der Waals surface area contributed by atoms with E-state index in [2.05, 4.69) is 9.71 Å². The molecule has 10 heteroatoms. The maximum absolute atomic E-state index is 13.3. The first-order valence-electron chi connectivity index (χ1n) is 10.7. The third-order valence-electron chi connectivity index (χ3n) is 5.21. The van der Waals surface area contributed by atoms with Crippen LogP contribution in [0, 0.1) is 6.92 Å². The highest BCUT2D eigenvalue weighted by Gasteiger charge is 2.41. The number of ether oxygens (including phenoxy) is 1. The van der Waals surface area contributed by atoms with Gasteiger partial charge in [-0.05, 0) is 55.5 Å². The minimum Gasteiger partial charge on any atom is -0.497 e. The number of rotatable bonds is 7. The van der Waals surface area contributed by atoms with Crippen LogP contribution in [0.1, 0.15) is 12.0 Å². The predicted molar refractivity (Wildman–Crippen MR) is 137 cm³/mol. The van der Waals surface area contributed by atoms with Crippen molar-refractivity contribution in [3.8, 4) is 5.75 Å². The van der Waals surface area contributed by atoms with Crippen molar-refractivity contribution in [3.63, 3.8) is 0 Å². The zero-order valence-electron chi connectivity index (χ0n) is 19.0. The van der Waals surface area contributed by atoms with E-state index in [0.717, 1.165) is 17.3 Å². The minimum atomic E-state index is -4.07. The molecule has 0 unspecified atom stereocenters. The molecule has 8 nitrogen and oxygen atoms in total. The number of benzene rings is 3. The molecule has 0 saturated carbocycles. The molecule has 1 heterocycles. The molecule has 3 aromatic carbocycles. The topological polar surface area (TPSA) is 105 Å². The maximum atomic E-state index is 13.3. The molecule has 0 radical (unpaired) electrons. The molecular formula is C25H23N3O5S2. The first-order chi connectivity index (χ1) is 16.8. The van der Waals surface area contributed by atoms with Crippen LogP contribution in [0.25, 0.3) is 0 Å². The molecular weight excluding hydrogens is 486 g/mol. The second-order valence-electron chi connectivity index (χ2n) is 7.76. The molecule has 1 atom stereocenters. The number of sulfonamides is 1. The van der Waals surface area contributed by atoms with Crippen LogP contribution in [0.3, 0.4) is 0 Å². The number of hydrogen-bond acceptors (Lipinski definition) is 6. The zero-order chi connectivity index (χ0) is 25.0. The highest BCUT2D eigenvalue weighted by Crippen LogP contribution is 2.35. The first-order valence-corrected chi connectivity index (χ1v) is 13.0. The van der Waals surface area contributed by atoms with E-state index in [4.69, 9.17) is 4.74 Å². The Bertz CT molecular complexity index is 1360. The molecule has 0 aromatic heterocycles. The number of amidine groups is 1. The van der Waals surface area contributed by atoms with Crippen LogP contribution in [0.5, 0.6) is 5.75 Å². The number of thioether (sulfide) groups is 1. The number of anilines is 2. The highest BCUT2D eigenvalue weighted by molar-refractivity contribution is 8.16. The van der Waals surface area contributed by atoms with Crippen LogP contribution in [0.4, 0.5) is 11.4 Å². The van der Waals surface area contributed by atoms with Crippen molar-refractivity contribution in [1.29, 1.82) is 0 Å². The van der Waals surface area contributed by atoms with E-state index >= 15 is 0 Å². The number of methoxy groups -OCH3 is 1. The molecule has 2 amide bonds. The lowest BCUT2D eigenvalue weighted by Gasteiger charge is -2.16. The molecule has 1 fully saturated rings. The summed E-state index contributed by atoms with van der Waals surface area (Å²) in [5.74, 6) is -0.140. The van der Waals surface area contributed by atoms with Crippen molar-refractivity contribution in [2.24, 2.45) is 4.40 Å². The fourth-order valence-corrected chi connectivity index (χ4v) is 5.73. The number of carbonyl (C=O) groups excluding carboxylic acids is 2. The third kappa shape index (κ3) is 5.72. The van der Waals surface area contributed by atoms with Crippen LogP contribution < -0.4 is 15.0 Å². The van der Waals surface area contributed by atoms with Crippen LogP contribution in [0.2, 0.25) is 0 Å². The lowest BCUT2D eigenvalue weighted by molar-refractivity contribution is -0.121. The summed E-state index contributed by atoms with van der Waals surface area (Å²) in [6.07, 6.45) is -0.150. The summed E-state index contributed by atoms with van der Waals surface area (Å²) < 4.78 is 35.1. The van der Waals surface area contributed by atoms with Gasteiger partial charge in [-0.3, -0.25) is 14.5 Å². The lowest BCUT2D eigenvalue weighted by Crippen LogP contribution is -2.33. The molecule has 1 aliphatic heterocycles. The van der Waals surface area contributed by atoms with Gasteiger partial charge in [0.05, 0.1) is 17.7 Å². The highest BCUT2D eigenvalue weighted by atomic mass is 32.2. The fraction of sp³-hybridized carbons (Fsp3) is 0.160.